The fourth-order valence-electron chi connectivity index (χ4n) is 7.54. The molecule has 8 aromatic carbocycles. The van der Waals surface area contributed by atoms with Crippen molar-refractivity contribution in [2.75, 3.05) is 0 Å². The molecule has 0 amide bonds. The molecule has 0 radical (unpaired) electrons. The van der Waals surface area contributed by atoms with Crippen LogP contribution in [0.2, 0.25) is 0 Å². The van der Waals surface area contributed by atoms with Gasteiger partial charge in [-0.1, -0.05) is 128 Å². The standard InChI is InChI=1S/C46H31N3/c1-2-44-48-42-27-30(29-47)19-26-43(42)49(44)35-23-20-33(21-24-35)45-38-16-8-9-17-39(38)46(37-18-10-14-32-13-6-7-15-36(32)37)41-28-34(22-25-40(41)45)31-11-4-3-5-12-31/h3-28H,2H2,1H3. The van der Waals surface area contributed by atoms with Gasteiger partial charge in [0.2, 0.25) is 0 Å². The van der Waals surface area contributed by atoms with E-state index in [-0.39, 0.29) is 0 Å². The van der Waals surface area contributed by atoms with E-state index in [1.54, 1.807) is 0 Å². The highest BCUT2D eigenvalue weighted by Gasteiger charge is 2.19. The second kappa shape index (κ2) is 11.6. The quantitative estimate of drug-likeness (QED) is 0.179. The van der Waals surface area contributed by atoms with Crippen molar-refractivity contribution in [1.82, 2.24) is 9.55 Å². The zero-order chi connectivity index (χ0) is 32.9. The van der Waals surface area contributed by atoms with Crippen LogP contribution < -0.4 is 0 Å². The average Bonchev–Trinajstić information content (AvgIpc) is 3.55. The number of nitrogens with zero attached hydrogens (tertiary/aromatic N) is 3. The largest absolute Gasteiger partial charge is 0.296 e. The Bertz CT molecular complexity index is 2740. The van der Waals surface area contributed by atoms with E-state index in [0.717, 1.165) is 34.5 Å². The lowest BCUT2D eigenvalue weighted by Crippen LogP contribution is -2.00. The molecule has 0 atom stereocenters. The topological polar surface area (TPSA) is 41.6 Å². The van der Waals surface area contributed by atoms with Crippen LogP contribution in [0.5, 0.6) is 0 Å². The Labute approximate surface area is 285 Å². The Hall–Kier alpha value is -6.50. The van der Waals surface area contributed by atoms with Gasteiger partial charge in [-0.05, 0) is 102 Å². The first-order valence-corrected chi connectivity index (χ1v) is 16.8. The Morgan fingerprint density at radius 3 is 2.00 bits per heavy atom. The lowest BCUT2D eigenvalue weighted by atomic mass is 9.83. The maximum atomic E-state index is 9.45. The Kier molecular flexibility index (Phi) is 6.81. The van der Waals surface area contributed by atoms with Crippen molar-refractivity contribution >= 4 is 43.4 Å². The average molecular weight is 626 g/mol. The van der Waals surface area contributed by atoms with Crippen LogP contribution in [0.3, 0.4) is 0 Å². The van der Waals surface area contributed by atoms with Gasteiger partial charge < -0.3 is 0 Å². The van der Waals surface area contributed by atoms with Crippen molar-refractivity contribution < 1.29 is 0 Å². The number of aryl methyl sites for hydroxylation is 1. The van der Waals surface area contributed by atoms with E-state index in [1.165, 1.54) is 60.1 Å². The van der Waals surface area contributed by atoms with Crippen LogP contribution in [0, 0.1) is 11.3 Å². The van der Waals surface area contributed by atoms with E-state index < -0.39 is 0 Å². The highest BCUT2D eigenvalue weighted by atomic mass is 15.1. The van der Waals surface area contributed by atoms with Gasteiger partial charge in [-0.3, -0.25) is 4.57 Å². The zero-order valence-corrected chi connectivity index (χ0v) is 27.1. The number of aromatic nitrogens is 2. The summed E-state index contributed by atoms with van der Waals surface area (Å²) in [4.78, 5) is 4.88. The van der Waals surface area contributed by atoms with Crippen molar-refractivity contribution in [3.63, 3.8) is 0 Å². The predicted molar refractivity (Wildman–Crippen MR) is 204 cm³/mol. The summed E-state index contributed by atoms with van der Waals surface area (Å²) in [6, 6.07) is 58.7. The van der Waals surface area contributed by atoms with Gasteiger partial charge in [0.15, 0.2) is 0 Å². The van der Waals surface area contributed by atoms with Crippen LogP contribution in [-0.2, 0) is 6.42 Å². The van der Waals surface area contributed by atoms with Crippen LogP contribution >= 0.6 is 0 Å². The fourth-order valence-corrected chi connectivity index (χ4v) is 7.54. The summed E-state index contributed by atoms with van der Waals surface area (Å²) in [6.07, 6.45) is 0.785. The minimum absolute atomic E-state index is 0.622. The first-order chi connectivity index (χ1) is 24.2. The summed E-state index contributed by atoms with van der Waals surface area (Å²) in [5, 5.41) is 16.9. The van der Waals surface area contributed by atoms with E-state index in [9.17, 15) is 5.26 Å². The van der Waals surface area contributed by atoms with Gasteiger partial charge in [0.05, 0.1) is 22.7 Å². The lowest BCUT2D eigenvalue weighted by molar-refractivity contribution is 0.908. The molecule has 0 aliphatic heterocycles. The molecule has 9 aromatic rings. The van der Waals surface area contributed by atoms with Crippen LogP contribution in [0.25, 0.3) is 82.4 Å². The summed E-state index contributed by atoms with van der Waals surface area (Å²) < 4.78 is 2.21. The molecule has 3 nitrogen and oxygen atoms in total. The first kappa shape index (κ1) is 28.7. The highest BCUT2D eigenvalue weighted by molar-refractivity contribution is 6.24. The molecule has 49 heavy (non-hydrogen) atoms. The smallest absolute Gasteiger partial charge is 0.114 e. The third-order valence-electron chi connectivity index (χ3n) is 9.77. The van der Waals surface area contributed by atoms with Gasteiger partial charge in [-0.2, -0.15) is 5.26 Å². The molecular weight excluding hydrogens is 595 g/mol. The van der Waals surface area contributed by atoms with Crippen molar-refractivity contribution in [3.05, 3.63) is 169 Å². The van der Waals surface area contributed by atoms with Crippen LogP contribution in [0.1, 0.15) is 18.3 Å². The molecule has 1 heterocycles. The van der Waals surface area contributed by atoms with Crippen molar-refractivity contribution in [2.45, 2.75) is 13.3 Å². The highest BCUT2D eigenvalue weighted by Crippen LogP contribution is 2.46. The number of hydrogen-bond acceptors (Lipinski definition) is 2. The van der Waals surface area contributed by atoms with Gasteiger partial charge in [0.25, 0.3) is 0 Å². The molecule has 9 rings (SSSR count). The number of hydrogen-bond donors (Lipinski definition) is 0. The molecule has 3 heteroatoms. The third kappa shape index (κ3) is 4.69. The zero-order valence-electron chi connectivity index (χ0n) is 27.1. The van der Waals surface area contributed by atoms with E-state index in [1.807, 2.05) is 18.2 Å². The molecular formula is C46H31N3. The van der Waals surface area contributed by atoms with Crippen molar-refractivity contribution in [2.24, 2.45) is 0 Å². The van der Waals surface area contributed by atoms with Crippen LogP contribution in [0.4, 0.5) is 0 Å². The van der Waals surface area contributed by atoms with E-state index in [0.29, 0.717) is 5.56 Å². The summed E-state index contributed by atoms with van der Waals surface area (Å²) in [6.45, 7) is 2.12. The van der Waals surface area contributed by atoms with Gasteiger partial charge in [0.1, 0.15) is 5.82 Å². The Balaban J connectivity index is 1.31. The second-order valence-electron chi connectivity index (χ2n) is 12.5. The summed E-state index contributed by atoms with van der Waals surface area (Å²) >= 11 is 0. The molecule has 0 aliphatic rings. The normalized spacial score (nSPS) is 11.4. The summed E-state index contributed by atoms with van der Waals surface area (Å²) in [5.41, 5.74) is 10.8. The molecule has 1 aromatic heterocycles. The minimum Gasteiger partial charge on any atom is -0.296 e. The Morgan fingerprint density at radius 2 is 1.22 bits per heavy atom. The SMILES string of the molecule is CCc1nc2cc(C#N)ccc2n1-c1ccc(-c2c3ccccc3c(-c3cccc4ccccc34)c3cc(-c4ccccc4)ccc23)cc1. The fraction of sp³-hybridized carbons (Fsp3) is 0.0435. The number of rotatable bonds is 5. The number of fused-ring (bicyclic) bond motifs is 4. The number of imidazole rings is 1. The maximum Gasteiger partial charge on any atom is 0.114 e. The van der Waals surface area contributed by atoms with Crippen molar-refractivity contribution in [3.8, 4) is 45.1 Å². The Morgan fingerprint density at radius 1 is 0.551 bits per heavy atom. The minimum atomic E-state index is 0.622. The first-order valence-electron chi connectivity index (χ1n) is 16.8. The molecule has 0 unspecified atom stereocenters. The molecule has 0 fully saturated rings. The summed E-state index contributed by atoms with van der Waals surface area (Å²) in [7, 11) is 0. The van der Waals surface area contributed by atoms with E-state index in [2.05, 4.69) is 157 Å². The maximum absolute atomic E-state index is 9.45. The van der Waals surface area contributed by atoms with Crippen molar-refractivity contribution in [1.29, 1.82) is 5.26 Å². The molecule has 230 valence electrons. The van der Waals surface area contributed by atoms with Gasteiger partial charge in [-0.15, -0.1) is 0 Å². The van der Waals surface area contributed by atoms with Gasteiger partial charge in [0, 0.05) is 12.1 Å². The molecule has 0 N–H and O–H groups in total. The summed E-state index contributed by atoms with van der Waals surface area (Å²) in [5.74, 6) is 0.974. The molecule has 0 spiro atoms. The van der Waals surface area contributed by atoms with Crippen LogP contribution in [0.15, 0.2) is 158 Å². The lowest BCUT2D eigenvalue weighted by Gasteiger charge is -2.20. The van der Waals surface area contributed by atoms with E-state index >= 15 is 0 Å². The molecule has 0 aliphatic carbocycles. The second-order valence-corrected chi connectivity index (χ2v) is 12.5. The number of benzene rings is 8. The monoisotopic (exact) mass is 625 g/mol. The van der Waals surface area contributed by atoms with Gasteiger partial charge >= 0.3 is 0 Å². The molecule has 0 saturated heterocycles. The predicted octanol–water partition coefficient (Wildman–Crippen LogP) is 11.9. The number of nitriles is 1. The van der Waals surface area contributed by atoms with Crippen LogP contribution in [-0.4, -0.2) is 9.55 Å². The van der Waals surface area contributed by atoms with Gasteiger partial charge in [-0.25, -0.2) is 4.98 Å². The molecule has 0 bridgehead atoms. The van der Waals surface area contributed by atoms with E-state index in [4.69, 9.17) is 4.98 Å². The molecule has 0 saturated carbocycles. The third-order valence-corrected chi connectivity index (χ3v) is 9.77.